The van der Waals surface area contributed by atoms with Crippen LogP contribution in [-0.2, 0) is 28.6 Å². The molecular weight excluding hydrogens is 997 g/mol. The van der Waals surface area contributed by atoms with Gasteiger partial charge in [0.1, 0.15) is 13.2 Å². The van der Waals surface area contributed by atoms with E-state index in [-0.39, 0.29) is 31.1 Å². The summed E-state index contributed by atoms with van der Waals surface area (Å²) in [7, 11) is 0. The molecule has 0 heterocycles. The average molecular weight is 1130 g/mol. The van der Waals surface area contributed by atoms with Crippen molar-refractivity contribution in [2.24, 2.45) is 0 Å². The lowest BCUT2D eigenvalue weighted by molar-refractivity contribution is -0.167. The molecule has 0 aromatic heterocycles. The summed E-state index contributed by atoms with van der Waals surface area (Å²) < 4.78 is 17.0. The van der Waals surface area contributed by atoms with Crippen molar-refractivity contribution in [3.05, 3.63) is 72.9 Å². The van der Waals surface area contributed by atoms with Crippen molar-refractivity contribution < 1.29 is 28.6 Å². The largest absolute Gasteiger partial charge is 0.462 e. The minimum absolute atomic E-state index is 0.0829. The Morgan fingerprint density at radius 1 is 0.259 bits per heavy atom. The highest BCUT2D eigenvalue weighted by Gasteiger charge is 2.19. The summed E-state index contributed by atoms with van der Waals surface area (Å²) in [5, 5.41) is 0. The van der Waals surface area contributed by atoms with E-state index in [9.17, 15) is 14.4 Å². The van der Waals surface area contributed by atoms with Crippen LogP contribution in [0.25, 0.3) is 0 Å². The van der Waals surface area contributed by atoms with Gasteiger partial charge in [-0.15, -0.1) is 0 Å². The van der Waals surface area contributed by atoms with E-state index in [0.717, 1.165) is 89.9 Å². The number of hydrogen-bond acceptors (Lipinski definition) is 6. The first-order chi connectivity index (χ1) is 40.0. The number of esters is 3. The second-order valence-corrected chi connectivity index (χ2v) is 23.8. The van der Waals surface area contributed by atoms with E-state index >= 15 is 0 Å². The SMILES string of the molecule is CC/C=C\C/C=C\C/C=C\CCCCCC(=O)OCC(COC(=O)CCCCCCCCCCCCCCCCC/C=C\CCCCCCCCCC)OC(=O)CCCCCCCCCCCCC/C=C\C/C=C\CCCCCCC. The molecule has 0 amide bonds. The Balaban J connectivity index is 4.25. The molecule has 0 saturated heterocycles. The van der Waals surface area contributed by atoms with E-state index in [1.165, 1.54) is 238 Å². The Hall–Kier alpha value is -3.15. The van der Waals surface area contributed by atoms with Gasteiger partial charge in [0.05, 0.1) is 0 Å². The third kappa shape index (κ3) is 67.5. The second-order valence-electron chi connectivity index (χ2n) is 23.8. The number of allylic oxidation sites excluding steroid dienone is 12. The Morgan fingerprint density at radius 3 is 0.778 bits per heavy atom. The molecule has 0 aromatic carbocycles. The first-order valence-corrected chi connectivity index (χ1v) is 35.4. The summed E-state index contributed by atoms with van der Waals surface area (Å²) in [5.74, 6) is -0.897. The topological polar surface area (TPSA) is 78.9 Å². The Bertz CT molecular complexity index is 1490. The normalized spacial score (nSPS) is 12.5. The summed E-state index contributed by atoms with van der Waals surface area (Å²) in [6.45, 7) is 6.54. The lowest BCUT2D eigenvalue weighted by Gasteiger charge is -2.18. The van der Waals surface area contributed by atoms with Crippen LogP contribution in [0.3, 0.4) is 0 Å². The van der Waals surface area contributed by atoms with Crippen LogP contribution in [-0.4, -0.2) is 37.2 Å². The molecule has 470 valence electrons. The smallest absolute Gasteiger partial charge is 0.306 e. The molecule has 1 unspecified atom stereocenters. The fourth-order valence-electron chi connectivity index (χ4n) is 10.4. The molecular formula is C75H134O6. The molecule has 81 heavy (non-hydrogen) atoms. The molecule has 0 aliphatic heterocycles. The lowest BCUT2D eigenvalue weighted by Crippen LogP contribution is -2.30. The zero-order chi connectivity index (χ0) is 58.5. The van der Waals surface area contributed by atoms with Crippen LogP contribution in [0.4, 0.5) is 0 Å². The fourth-order valence-corrected chi connectivity index (χ4v) is 10.4. The third-order valence-electron chi connectivity index (χ3n) is 15.7. The predicted molar refractivity (Wildman–Crippen MR) is 353 cm³/mol. The van der Waals surface area contributed by atoms with Crippen molar-refractivity contribution in [2.75, 3.05) is 13.2 Å². The van der Waals surface area contributed by atoms with Crippen molar-refractivity contribution in [2.45, 2.75) is 374 Å². The van der Waals surface area contributed by atoms with E-state index < -0.39 is 6.10 Å². The van der Waals surface area contributed by atoms with Crippen LogP contribution < -0.4 is 0 Å². The van der Waals surface area contributed by atoms with Gasteiger partial charge < -0.3 is 14.2 Å². The molecule has 0 N–H and O–H groups in total. The van der Waals surface area contributed by atoms with Crippen LogP contribution in [0.1, 0.15) is 367 Å². The average Bonchev–Trinajstić information content (AvgIpc) is 3.46. The Kier molecular flexibility index (Phi) is 66.6. The minimum Gasteiger partial charge on any atom is -0.462 e. The van der Waals surface area contributed by atoms with Crippen molar-refractivity contribution in [3.63, 3.8) is 0 Å². The van der Waals surface area contributed by atoms with Crippen LogP contribution >= 0.6 is 0 Å². The molecule has 0 saturated carbocycles. The maximum atomic E-state index is 12.9. The van der Waals surface area contributed by atoms with E-state index in [2.05, 4.69) is 93.7 Å². The molecule has 0 bridgehead atoms. The molecule has 0 rings (SSSR count). The van der Waals surface area contributed by atoms with Gasteiger partial charge in [-0.1, -0.05) is 312 Å². The first kappa shape index (κ1) is 77.9. The fraction of sp³-hybridized carbons (Fsp3) is 0.800. The Morgan fingerprint density at radius 2 is 0.481 bits per heavy atom. The van der Waals surface area contributed by atoms with Crippen LogP contribution in [0.15, 0.2) is 72.9 Å². The van der Waals surface area contributed by atoms with Gasteiger partial charge in [-0.3, -0.25) is 14.4 Å². The molecule has 0 aromatic rings. The quantitative estimate of drug-likeness (QED) is 0.0261. The van der Waals surface area contributed by atoms with Gasteiger partial charge in [0.25, 0.3) is 0 Å². The minimum atomic E-state index is -0.790. The first-order valence-electron chi connectivity index (χ1n) is 35.4. The zero-order valence-electron chi connectivity index (χ0n) is 54.1. The monoisotopic (exact) mass is 1130 g/mol. The molecule has 6 nitrogen and oxygen atoms in total. The maximum absolute atomic E-state index is 12.9. The summed E-state index contributed by atoms with van der Waals surface area (Å²) in [5.41, 5.74) is 0. The zero-order valence-corrected chi connectivity index (χ0v) is 54.1. The number of rotatable bonds is 65. The summed E-state index contributed by atoms with van der Waals surface area (Å²) in [6, 6.07) is 0. The molecule has 0 radical (unpaired) electrons. The van der Waals surface area contributed by atoms with Crippen LogP contribution in [0, 0.1) is 0 Å². The van der Waals surface area contributed by atoms with E-state index in [4.69, 9.17) is 14.2 Å². The molecule has 0 spiro atoms. The van der Waals surface area contributed by atoms with Crippen molar-refractivity contribution in [1.82, 2.24) is 0 Å². The van der Waals surface area contributed by atoms with Gasteiger partial charge >= 0.3 is 17.9 Å². The van der Waals surface area contributed by atoms with Gasteiger partial charge in [-0.2, -0.15) is 0 Å². The van der Waals surface area contributed by atoms with Gasteiger partial charge in [0.2, 0.25) is 0 Å². The number of hydrogen-bond donors (Lipinski definition) is 0. The Labute approximate surface area is 503 Å². The summed E-state index contributed by atoms with van der Waals surface area (Å²) in [6.07, 6.45) is 90.8. The van der Waals surface area contributed by atoms with Gasteiger partial charge in [-0.05, 0) is 109 Å². The standard InChI is InChI=1S/C75H134O6/c1-4-7-10-13-16-19-22-25-27-29-31-33-35-36-37-38-40-41-43-45-47-50-53-56-59-62-65-68-74(77)80-71-72(70-79-73(76)67-64-61-58-55-52-49-24-21-18-15-12-9-6-3)81-75(78)69-66-63-60-57-54-51-48-46-44-42-39-34-32-30-28-26-23-20-17-14-11-8-5-2/h9,12,18,21,23,26,29-32,49,52,72H,4-8,10-11,13-17,19-20,22,24-25,27-28,33-48,50-51,53-71H2,1-3H3/b12-9-,21-18-,26-23-,31-29-,32-30-,52-49-. The highest BCUT2D eigenvalue weighted by atomic mass is 16.6. The molecule has 0 aliphatic carbocycles. The maximum Gasteiger partial charge on any atom is 0.306 e. The predicted octanol–water partition coefficient (Wildman–Crippen LogP) is 24.4. The number of ether oxygens (including phenoxy) is 3. The molecule has 0 fully saturated rings. The number of unbranched alkanes of at least 4 members (excludes halogenated alkanes) is 42. The van der Waals surface area contributed by atoms with Gasteiger partial charge in [0.15, 0.2) is 6.10 Å². The molecule has 0 aliphatic rings. The van der Waals surface area contributed by atoms with Gasteiger partial charge in [-0.25, -0.2) is 0 Å². The third-order valence-corrected chi connectivity index (χ3v) is 15.7. The van der Waals surface area contributed by atoms with Gasteiger partial charge in [0, 0.05) is 19.3 Å². The molecule has 1 atom stereocenters. The summed E-state index contributed by atoms with van der Waals surface area (Å²) >= 11 is 0. The van der Waals surface area contributed by atoms with E-state index in [1.54, 1.807) is 0 Å². The van der Waals surface area contributed by atoms with E-state index in [1.807, 2.05) is 0 Å². The highest BCUT2D eigenvalue weighted by molar-refractivity contribution is 5.71. The highest BCUT2D eigenvalue weighted by Crippen LogP contribution is 2.18. The second kappa shape index (κ2) is 69.3. The molecule has 6 heteroatoms. The van der Waals surface area contributed by atoms with Crippen LogP contribution in [0.5, 0.6) is 0 Å². The van der Waals surface area contributed by atoms with Crippen molar-refractivity contribution in [1.29, 1.82) is 0 Å². The van der Waals surface area contributed by atoms with Crippen molar-refractivity contribution >= 4 is 17.9 Å². The van der Waals surface area contributed by atoms with Crippen molar-refractivity contribution in [3.8, 4) is 0 Å². The van der Waals surface area contributed by atoms with E-state index in [0.29, 0.717) is 19.3 Å². The van der Waals surface area contributed by atoms with Crippen LogP contribution in [0.2, 0.25) is 0 Å². The lowest BCUT2D eigenvalue weighted by atomic mass is 10.0. The number of carbonyl (C=O) groups excluding carboxylic acids is 3. The summed E-state index contributed by atoms with van der Waals surface area (Å²) in [4.78, 5) is 38.4. The number of carbonyl (C=O) groups is 3.